The van der Waals surface area contributed by atoms with Gasteiger partial charge in [-0.25, -0.2) is 4.79 Å². The third-order valence-electron chi connectivity index (χ3n) is 2.63. The molecule has 0 aromatic heterocycles. The van der Waals surface area contributed by atoms with E-state index in [4.69, 9.17) is 4.74 Å². The van der Waals surface area contributed by atoms with Crippen LogP contribution in [0.4, 0.5) is 5.69 Å². The van der Waals surface area contributed by atoms with Crippen molar-refractivity contribution in [3.8, 4) is 0 Å². The number of carbonyl (C=O) groups is 3. The van der Waals surface area contributed by atoms with Crippen LogP contribution in [0, 0.1) is 0 Å². The van der Waals surface area contributed by atoms with Gasteiger partial charge >= 0.3 is 5.97 Å². The highest BCUT2D eigenvalue weighted by atomic mass is 16.5. The van der Waals surface area contributed by atoms with Gasteiger partial charge in [-0.05, 0) is 52.0 Å². The molecule has 0 saturated heterocycles. The lowest BCUT2D eigenvalue weighted by molar-refractivity contribution is -0.148. The van der Waals surface area contributed by atoms with Gasteiger partial charge in [0, 0.05) is 17.3 Å². The zero-order valence-electron chi connectivity index (χ0n) is 12.6. The van der Waals surface area contributed by atoms with E-state index in [1.54, 1.807) is 38.1 Å². The predicted molar refractivity (Wildman–Crippen MR) is 80.1 cm³/mol. The van der Waals surface area contributed by atoms with Gasteiger partial charge in [0.25, 0.3) is 5.91 Å². The molecule has 0 aliphatic carbocycles. The Kier molecular flexibility index (Phi) is 5.84. The van der Waals surface area contributed by atoms with Crippen molar-refractivity contribution >= 4 is 23.3 Å². The van der Waals surface area contributed by atoms with Crippen LogP contribution in [-0.4, -0.2) is 23.8 Å². The molecular formula is C16H19NO4. The van der Waals surface area contributed by atoms with Crippen LogP contribution in [0.1, 0.15) is 38.1 Å². The molecule has 0 aliphatic rings. The second-order valence-electron chi connectivity index (χ2n) is 4.92. The van der Waals surface area contributed by atoms with Gasteiger partial charge in [0.05, 0.1) is 0 Å². The smallest absolute Gasteiger partial charge is 0.331 e. The van der Waals surface area contributed by atoms with Crippen molar-refractivity contribution in [3.05, 3.63) is 41.5 Å². The van der Waals surface area contributed by atoms with E-state index >= 15 is 0 Å². The quantitative estimate of drug-likeness (QED) is 0.514. The first-order valence-electron chi connectivity index (χ1n) is 6.57. The second-order valence-corrected chi connectivity index (χ2v) is 4.92. The van der Waals surface area contributed by atoms with Crippen LogP contribution in [0.3, 0.4) is 0 Å². The summed E-state index contributed by atoms with van der Waals surface area (Å²) in [5.74, 6) is -1.03. The summed E-state index contributed by atoms with van der Waals surface area (Å²) in [6.45, 7) is 6.50. The predicted octanol–water partition coefficient (Wildman–Crippen LogP) is 2.73. The number of benzene rings is 1. The normalized spacial score (nSPS) is 11.2. The lowest BCUT2D eigenvalue weighted by Gasteiger charge is -2.12. The van der Waals surface area contributed by atoms with E-state index in [9.17, 15) is 14.4 Å². The summed E-state index contributed by atoms with van der Waals surface area (Å²) in [7, 11) is 0. The minimum absolute atomic E-state index is 0.0445. The first-order valence-corrected chi connectivity index (χ1v) is 6.57. The molecular weight excluding hydrogens is 270 g/mol. The number of amides is 1. The fourth-order valence-electron chi connectivity index (χ4n) is 1.53. The van der Waals surface area contributed by atoms with Crippen molar-refractivity contribution in [3.63, 3.8) is 0 Å². The van der Waals surface area contributed by atoms with Crippen molar-refractivity contribution in [2.45, 2.75) is 33.8 Å². The van der Waals surface area contributed by atoms with Crippen molar-refractivity contribution in [1.29, 1.82) is 0 Å². The molecule has 1 aromatic carbocycles. The number of hydrogen-bond donors (Lipinski definition) is 1. The lowest BCUT2D eigenvalue weighted by atomic mass is 10.1. The number of Topliss-reactive ketones (excluding diaryl/α,β-unsaturated/α-hetero) is 1. The molecule has 1 rings (SSSR count). The standard InChI is InChI=1S/C16H19NO4/c1-10(2)9-15(19)21-12(4)16(20)17-14-7-5-13(6-8-14)11(3)18/h5-9,12H,1-4H3,(H,17,20)/t12-/m0/s1. The van der Waals surface area contributed by atoms with Gasteiger partial charge in [0.1, 0.15) is 0 Å². The highest BCUT2D eigenvalue weighted by molar-refractivity contribution is 5.97. The van der Waals surface area contributed by atoms with Gasteiger partial charge in [0.15, 0.2) is 11.9 Å². The average Bonchev–Trinajstić information content (AvgIpc) is 2.38. The van der Waals surface area contributed by atoms with E-state index in [2.05, 4.69) is 5.32 Å². The number of hydrogen-bond acceptors (Lipinski definition) is 4. The summed E-state index contributed by atoms with van der Waals surface area (Å²) >= 11 is 0. The molecule has 0 fully saturated rings. The highest BCUT2D eigenvalue weighted by Crippen LogP contribution is 2.11. The van der Waals surface area contributed by atoms with Crippen molar-refractivity contribution in [2.24, 2.45) is 0 Å². The summed E-state index contributed by atoms with van der Waals surface area (Å²) in [5, 5.41) is 2.62. The van der Waals surface area contributed by atoms with E-state index in [-0.39, 0.29) is 5.78 Å². The van der Waals surface area contributed by atoms with E-state index in [1.807, 2.05) is 0 Å². The fraction of sp³-hybridized carbons (Fsp3) is 0.312. The fourth-order valence-corrected chi connectivity index (χ4v) is 1.53. The molecule has 0 spiro atoms. The van der Waals surface area contributed by atoms with Crippen LogP contribution in [0.15, 0.2) is 35.9 Å². The van der Waals surface area contributed by atoms with Crippen LogP contribution in [0.25, 0.3) is 0 Å². The SMILES string of the molecule is CC(=O)c1ccc(NC(=O)[C@H](C)OC(=O)C=C(C)C)cc1. The van der Waals surface area contributed by atoms with E-state index < -0.39 is 18.0 Å². The second kappa shape index (κ2) is 7.38. The monoisotopic (exact) mass is 289 g/mol. The molecule has 112 valence electrons. The Bertz CT molecular complexity index is 568. The third kappa shape index (κ3) is 5.60. The molecule has 1 atom stereocenters. The Morgan fingerprint density at radius 2 is 1.67 bits per heavy atom. The van der Waals surface area contributed by atoms with Crippen LogP contribution in [-0.2, 0) is 14.3 Å². The largest absolute Gasteiger partial charge is 0.449 e. The summed E-state index contributed by atoms with van der Waals surface area (Å²) in [5.41, 5.74) is 1.90. The Morgan fingerprint density at radius 3 is 2.14 bits per heavy atom. The Balaban J connectivity index is 2.61. The summed E-state index contributed by atoms with van der Waals surface area (Å²) < 4.78 is 4.98. The summed E-state index contributed by atoms with van der Waals surface area (Å²) in [6.07, 6.45) is 0.423. The van der Waals surface area contributed by atoms with Crippen molar-refractivity contribution in [1.82, 2.24) is 0 Å². The maximum atomic E-state index is 11.9. The number of esters is 1. The summed E-state index contributed by atoms with van der Waals surface area (Å²) in [6, 6.07) is 6.49. The van der Waals surface area contributed by atoms with Crippen LogP contribution in [0.5, 0.6) is 0 Å². The third-order valence-corrected chi connectivity index (χ3v) is 2.63. The molecule has 0 bridgehead atoms. The minimum Gasteiger partial charge on any atom is -0.449 e. The Labute approximate surface area is 124 Å². The molecule has 5 nitrogen and oxygen atoms in total. The van der Waals surface area contributed by atoms with Gasteiger partial charge < -0.3 is 10.1 Å². The minimum atomic E-state index is -0.902. The lowest BCUT2D eigenvalue weighted by Crippen LogP contribution is -2.29. The highest BCUT2D eigenvalue weighted by Gasteiger charge is 2.16. The van der Waals surface area contributed by atoms with Crippen LogP contribution in [0.2, 0.25) is 0 Å². The molecule has 0 heterocycles. The number of allylic oxidation sites excluding steroid dienone is 1. The van der Waals surface area contributed by atoms with Gasteiger partial charge in [-0.3, -0.25) is 9.59 Å². The van der Waals surface area contributed by atoms with Crippen LogP contribution >= 0.6 is 0 Å². The molecule has 1 aromatic rings. The number of ether oxygens (including phenoxy) is 1. The number of carbonyl (C=O) groups excluding carboxylic acids is 3. The average molecular weight is 289 g/mol. The molecule has 21 heavy (non-hydrogen) atoms. The maximum Gasteiger partial charge on any atom is 0.331 e. The van der Waals surface area contributed by atoms with Crippen LogP contribution < -0.4 is 5.32 Å². The van der Waals surface area contributed by atoms with E-state index in [0.717, 1.165) is 5.57 Å². The number of rotatable bonds is 5. The molecule has 1 amide bonds. The molecule has 5 heteroatoms. The van der Waals surface area contributed by atoms with E-state index in [1.165, 1.54) is 19.9 Å². The molecule has 0 radical (unpaired) electrons. The van der Waals surface area contributed by atoms with Gasteiger partial charge in [0.2, 0.25) is 0 Å². The molecule has 0 saturated carbocycles. The van der Waals surface area contributed by atoms with E-state index in [0.29, 0.717) is 11.3 Å². The first-order chi connectivity index (χ1) is 9.79. The molecule has 0 unspecified atom stereocenters. The maximum absolute atomic E-state index is 11.9. The topological polar surface area (TPSA) is 72.5 Å². The Morgan fingerprint density at radius 1 is 1.10 bits per heavy atom. The van der Waals surface area contributed by atoms with Gasteiger partial charge in [-0.1, -0.05) is 5.57 Å². The number of anilines is 1. The zero-order chi connectivity index (χ0) is 16.0. The van der Waals surface area contributed by atoms with Crippen molar-refractivity contribution < 1.29 is 19.1 Å². The Hall–Kier alpha value is -2.43. The van der Waals surface area contributed by atoms with Gasteiger partial charge in [-0.15, -0.1) is 0 Å². The van der Waals surface area contributed by atoms with Crippen molar-refractivity contribution in [2.75, 3.05) is 5.32 Å². The number of ketones is 1. The molecule has 1 N–H and O–H groups in total. The van der Waals surface area contributed by atoms with Gasteiger partial charge in [-0.2, -0.15) is 0 Å². The first kappa shape index (κ1) is 16.6. The molecule has 0 aliphatic heterocycles. The number of nitrogens with one attached hydrogen (secondary N) is 1. The zero-order valence-corrected chi connectivity index (χ0v) is 12.6. The summed E-state index contributed by atoms with van der Waals surface area (Å²) in [4.78, 5) is 34.4.